The third kappa shape index (κ3) is 7.27. The molecule has 1 saturated heterocycles. The molecule has 0 radical (unpaired) electrons. The molecule has 7 rings (SSSR count). The Balaban J connectivity index is 1.31. The maximum absolute atomic E-state index is 14.5. The van der Waals surface area contributed by atoms with Crippen LogP contribution >= 0.6 is 0 Å². The van der Waals surface area contributed by atoms with E-state index < -0.39 is 23.2 Å². The zero-order valence-electron chi connectivity index (χ0n) is 34.5. The molecule has 5 N–H and O–H groups in total. The molecule has 1 unspecified atom stereocenters. The van der Waals surface area contributed by atoms with E-state index in [0.29, 0.717) is 46.8 Å². The first kappa shape index (κ1) is 40.4. The molecule has 5 aliphatic rings. The fraction of sp³-hybridized carbons (Fsp3) is 0.674. The van der Waals surface area contributed by atoms with E-state index in [2.05, 4.69) is 56.2 Å². The maximum Gasteiger partial charge on any atom is 0.251 e. The number of benzene rings is 2. The van der Waals surface area contributed by atoms with Crippen molar-refractivity contribution in [2.45, 2.75) is 104 Å². The Kier molecular flexibility index (Phi) is 11.3. The van der Waals surface area contributed by atoms with Crippen molar-refractivity contribution in [2.75, 3.05) is 53.3 Å². The van der Waals surface area contributed by atoms with E-state index in [9.17, 15) is 14.7 Å². The molecule has 298 valence electrons. The molecule has 2 aromatic rings. The first-order valence-electron chi connectivity index (χ1n) is 19.9. The van der Waals surface area contributed by atoms with Crippen LogP contribution < -0.4 is 26.0 Å². The fourth-order valence-corrected chi connectivity index (χ4v) is 10.4. The van der Waals surface area contributed by atoms with Crippen LogP contribution in [0.4, 0.5) is 5.69 Å². The van der Waals surface area contributed by atoms with Crippen LogP contribution in [0.15, 0.2) is 36.4 Å². The molecule has 5 fully saturated rings. The van der Waals surface area contributed by atoms with Crippen LogP contribution in [-0.4, -0.2) is 105 Å². The minimum absolute atomic E-state index is 0.00850. The molecule has 2 bridgehead atoms. The molecule has 1 aliphatic heterocycles. The molecule has 11 nitrogen and oxygen atoms in total. The maximum atomic E-state index is 14.5. The Bertz CT molecular complexity index is 1700. The largest absolute Gasteiger partial charge is 0.496 e. The van der Waals surface area contributed by atoms with E-state index >= 15 is 0 Å². The molecule has 2 amide bonds. The topological polar surface area (TPSA) is 133 Å². The van der Waals surface area contributed by atoms with Gasteiger partial charge in [-0.25, -0.2) is 0 Å². The number of rotatable bonds is 14. The molecule has 4 aliphatic carbocycles. The van der Waals surface area contributed by atoms with Gasteiger partial charge in [0, 0.05) is 61.6 Å². The predicted octanol–water partition coefficient (Wildman–Crippen LogP) is 4.91. The Hall–Kier alpha value is -3.22. The van der Waals surface area contributed by atoms with Gasteiger partial charge in [-0.2, -0.15) is 5.06 Å². The van der Waals surface area contributed by atoms with Crippen molar-refractivity contribution in [1.82, 2.24) is 20.6 Å². The number of aliphatic hydroxyl groups is 1. The van der Waals surface area contributed by atoms with Crippen LogP contribution in [0, 0.1) is 34.5 Å². The lowest BCUT2D eigenvalue weighted by atomic mass is 9.45. The van der Waals surface area contributed by atoms with Crippen LogP contribution in [0.5, 0.6) is 5.75 Å². The van der Waals surface area contributed by atoms with Gasteiger partial charge in [0.1, 0.15) is 17.9 Å². The second-order valence-electron chi connectivity index (χ2n) is 18.6. The SMILES string of the molecule is COc1c(CN2O[C@@H](CN)[C@]3(CC3(C)O)[C@H]2C(=O)N[C@H]2C[C@H]3C[C@@H]([C@@H]2C)C3(C)C)cccc1-c1cc(C(=O)N[C@H](CC(C)C)CN(C)C)cc(N(C)C)c1. The summed E-state index contributed by atoms with van der Waals surface area (Å²) in [6.45, 7) is 14.3. The molecule has 1 heterocycles. The zero-order chi connectivity index (χ0) is 39.5. The quantitative estimate of drug-likeness (QED) is 0.213. The minimum Gasteiger partial charge on any atom is -0.496 e. The summed E-state index contributed by atoms with van der Waals surface area (Å²) in [7, 11) is 9.62. The number of hydrogen-bond acceptors (Lipinski definition) is 9. The van der Waals surface area contributed by atoms with Crippen molar-refractivity contribution >= 4 is 17.5 Å². The Morgan fingerprint density at radius 1 is 1.11 bits per heavy atom. The number of nitrogens with zero attached hydrogens (tertiary/aromatic N) is 3. The highest BCUT2D eigenvalue weighted by Gasteiger charge is 2.78. The van der Waals surface area contributed by atoms with Crippen molar-refractivity contribution in [3.8, 4) is 16.9 Å². The van der Waals surface area contributed by atoms with E-state index in [1.165, 1.54) is 6.42 Å². The normalized spacial score (nSPS) is 31.7. The summed E-state index contributed by atoms with van der Waals surface area (Å²) in [5, 5.41) is 20.0. The Labute approximate surface area is 323 Å². The van der Waals surface area contributed by atoms with Crippen molar-refractivity contribution in [3.63, 3.8) is 0 Å². The van der Waals surface area contributed by atoms with Gasteiger partial charge in [0.2, 0.25) is 5.91 Å². The fourth-order valence-electron chi connectivity index (χ4n) is 10.4. The summed E-state index contributed by atoms with van der Waals surface area (Å²) >= 11 is 0. The molecule has 4 saturated carbocycles. The van der Waals surface area contributed by atoms with Crippen LogP contribution in [0.1, 0.15) is 83.1 Å². The van der Waals surface area contributed by atoms with Crippen molar-refractivity contribution < 1.29 is 24.3 Å². The lowest BCUT2D eigenvalue weighted by molar-refractivity contribution is -0.176. The number of ether oxygens (including phenoxy) is 1. The number of carbonyl (C=O) groups excluding carboxylic acids is 2. The zero-order valence-corrected chi connectivity index (χ0v) is 34.5. The Morgan fingerprint density at radius 3 is 2.37 bits per heavy atom. The molecule has 9 atom stereocenters. The van der Waals surface area contributed by atoms with Gasteiger partial charge in [-0.15, -0.1) is 0 Å². The van der Waals surface area contributed by atoms with Crippen molar-refractivity contribution in [1.29, 1.82) is 0 Å². The highest BCUT2D eigenvalue weighted by atomic mass is 16.7. The van der Waals surface area contributed by atoms with Gasteiger partial charge in [-0.05, 0) is 99.6 Å². The highest BCUT2D eigenvalue weighted by Crippen LogP contribution is 2.66. The van der Waals surface area contributed by atoms with E-state index in [4.69, 9.17) is 15.3 Å². The number of hydrogen-bond donors (Lipinski definition) is 4. The monoisotopic (exact) mass is 747 g/mol. The van der Waals surface area contributed by atoms with E-state index in [1.54, 1.807) is 19.1 Å². The Morgan fingerprint density at radius 2 is 1.81 bits per heavy atom. The molecule has 1 spiro atoms. The van der Waals surface area contributed by atoms with Crippen molar-refractivity contribution in [3.05, 3.63) is 47.5 Å². The molecule has 2 aromatic carbocycles. The van der Waals surface area contributed by atoms with Crippen LogP contribution in [-0.2, 0) is 16.2 Å². The molecular formula is C43H66N6O5. The van der Waals surface area contributed by atoms with Gasteiger partial charge >= 0.3 is 0 Å². The molecule has 11 heteroatoms. The van der Waals surface area contributed by atoms with Crippen LogP contribution in [0.2, 0.25) is 0 Å². The lowest BCUT2D eigenvalue weighted by Crippen LogP contribution is -2.62. The summed E-state index contributed by atoms with van der Waals surface area (Å²) in [5.74, 6) is 2.37. The first-order valence-corrected chi connectivity index (χ1v) is 19.9. The number of likely N-dealkylation sites (N-methyl/N-ethyl adjacent to an activating group) is 1. The average molecular weight is 747 g/mol. The number of fused-ring (bicyclic) bond motifs is 2. The summed E-state index contributed by atoms with van der Waals surface area (Å²) in [4.78, 5) is 39.0. The third-order valence-corrected chi connectivity index (χ3v) is 13.6. The summed E-state index contributed by atoms with van der Waals surface area (Å²) in [6.07, 6.45) is 2.98. The molecule has 0 aromatic heterocycles. The summed E-state index contributed by atoms with van der Waals surface area (Å²) in [5.41, 5.74) is 8.62. The minimum atomic E-state index is -1.09. The van der Waals surface area contributed by atoms with E-state index in [0.717, 1.165) is 41.8 Å². The van der Waals surface area contributed by atoms with E-state index in [-0.39, 0.29) is 37.0 Å². The standard InChI is InChI=1S/C43H66N6O5/c1-25(2)15-31(23-47(7)8)45-39(50)29-16-28(17-32(18-29)48(9)10)33-14-12-13-27(37(33)53-11)22-49-38(43(24-42(43,6)52)36(21-44)54-49)40(51)46-35-20-30-19-34(26(35)3)41(30,4)5/h12-14,16-18,25-26,30-31,34-36,38,52H,15,19-24,44H2,1-11H3,(H,45,50)(H,46,51)/t26-,30+,31+,34-,35-,36-,38+,42?,43+/m0/s1. The number of anilines is 1. The number of carbonyl (C=O) groups is 2. The van der Waals surface area contributed by atoms with E-state index in [1.807, 2.05) is 63.4 Å². The van der Waals surface area contributed by atoms with Gasteiger partial charge in [0.05, 0.1) is 24.7 Å². The van der Waals surface area contributed by atoms with Gasteiger partial charge in [0.15, 0.2) is 0 Å². The smallest absolute Gasteiger partial charge is 0.251 e. The summed E-state index contributed by atoms with van der Waals surface area (Å²) in [6, 6.07) is 11.2. The van der Waals surface area contributed by atoms with Gasteiger partial charge in [0.25, 0.3) is 5.91 Å². The average Bonchev–Trinajstić information content (AvgIpc) is 3.52. The van der Waals surface area contributed by atoms with Gasteiger partial charge in [-0.3, -0.25) is 14.4 Å². The van der Waals surface area contributed by atoms with Crippen LogP contribution in [0.25, 0.3) is 11.1 Å². The van der Waals surface area contributed by atoms with Crippen molar-refractivity contribution in [2.24, 2.45) is 40.2 Å². The summed E-state index contributed by atoms with van der Waals surface area (Å²) < 4.78 is 6.15. The molecular weight excluding hydrogens is 681 g/mol. The molecule has 54 heavy (non-hydrogen) atoms. The number of nitrogens with one attached hydrogen (secondary N) is 2. The number of amides is 2. The number of hydroxylamine groups is 2. The second kappa shape index (κ2) is 15.0. The number of para-hydroxylation sites is 1. The first-order chi connectivity index (χ1) is 25.3. The highest BCUT2D eigenvalue weighted by molar-refractivity contribution is 5.97. The number of methoxy groups -OCH3 is 1. The van der Waals surface area contributed by atoms with Gasteiger partial charge < -0.3 is 36.0 Å². The lowest BCUT2D eigenvalue weighted by Gasteiger charge is -2.62. The number of nitrogens with two attached hydrogens (primary N) is 1. The van der Waals surface area contributed by atoms with Crippen LogP contribution in [0.3, 0.4) is 0 Å². The van der Waals surface area contributed by atoms with Gasteiger partial charge in [-0.1, -0.05) is 52.8 Å². The third-order valence-electron chi connectivity index (χ3n) is 13.6. The second-order valence-corrected chi connectivity index (χ2v) is 18.6. The predicted molar refractivity (Wildman–Crippen MR) is 214 cm³/mol.